The third-order valence-electron chi connectivity index (χ3n) is 9.88. The van der Waals surface area contributed by atoms with E-state index in [0.29, 0.717) is 0 Å². The Bertz CT molecular complexity index is 2820. The van der Waals surface area contributed by atoms with Crippen molar-refractivity contribution in [1.82, 2.24) is 0 Å². The van der Waals surface area contributed by atoms with Gasteiger partial charge in [-0.3, -0.25) is 0 Å². The zero-order chi connectivity index (χ0) is 33.7. The van der Waals surface area contributed by atoms with Crippen molar-refractivity contribution >= 4 is 60.9 Å². The second-order valence-corrected chi connectivity index (χ2v) is 13.0. The summed E-state index contributed by atoms with van der Waals surface area (Å²) in [6.07, 6.45) is 0. The zero-order valence-corrected chi connectivity index (χ0v) is 27.7. The summed E-state index contributed by atoms with van der Waals surface area (Å²) in [6.45, 7) is 0. The lowest BCUT2D eigenvalue weighted by molar-refractivity contribution is 0.664. The molecule has 0 spiro atoms. The Kier molecular flexibility index (Phi) is 6.81. The van der Waals surface area contributed by atoms with Gasteiger partial charge in [-0.25, -0.2) is 0 Å². The Morgan fingerprint density at radius 1 is 0.255 bits per heavy atom. The summed E-state index contributed by atoms with van der Waals surface area (Å²) < 4.78 is 12.9. The van der Waals surface area contributed by atoms with E-state index >= 15 is 0 Å². The molecule has 0 saturated carbocycles. The maximum absolute atomic E-state index is 6.48. The fourth-order valence-corrected chi connectivity index (χ4v) is 7.30. The summed E-state index contributed by atoms with van der Waals surface area (Å²) in [4.78, 5) is 2.30. The maximum Gasteiger partial charge on any atom is 0.136 e. The monoisotopic (exact) mass is 653 g/mol. The van der Waals surface area contributed by atoms with Gasteiger partial charge in [-0.15, -0.1) is 0 Å². The average molecular weight is 654 g/mol. The minimum Gasteiger partial charge on any atom is -0.456 e. The quantitative estimate of drug-likeness (QED) is 0.179. The molecule has 0 N–H and O–H groups in total. The van der Waals surface area contributed by atoms with Crippen LogP contribution < -0.4 is 4.90 Å². The summed E-state index contributed by atoms with van der Waals surface area (Å²) in [5.74, 6) is 0. The molecule has 3 nitrogen and oxygen atoms in total. The highest BCUT2D eigenvalue weighted by Gasteiger charge is 2.18. The topological polar surface area (TPSA) is 29.5 Å². The van der Waals surface area contributed by atoms with Crippen molar-refractivity contribution in [2.24, 2.45) is 0 Å². The molecule has 8 aromatic carbocycles. The van der Waals surface area contributed by atoms with Crippen LogP contribution in [0, 0.1) is 0 Å². The van der Waals surface area contributed by atoms with Crippen molar-refractivity contribution in [3.63, 3.8) is 0 Å². The van der Waals surface area contributed by atoms with Gasteiger partial charge in [0.15, 0.2) is 0 Å². The van der Waals surface area contributed by atoms with Gasteiger partial charge in [-0.2, -0.15) is 0 Å². The molecule has 0 atom stereocenters. The van der Waals surface area contributed by atoms with Crippen LogP contribution in [0.5, 0.6) is 0 Å². The van der Waals surface area contributed by atoms with Crippen LogP contribution in [0.25, 0.3) is 77.3 Å². The molecule has 2 heterocycles. The van der Waals surface area contributed by atoms with E-state index in [1.165, 1.54) is 27.8 Å². The van der Waals surface area contributed by atoms with Crippen LogP contribution in [0.3, 0.4) is 0 Å². The molecule has 10 rings (SSSR count). The molecular weight excluding hydrogens is 623 g/mol. The number of hydrogen-bond acceptors (Lipinski definition) is 3. The molecule has 0 saturated heterocycles. The molecule has 2 aromatic heterocycles. The van der Waals surface area contributed by atoms with Gasteiger partial charge >= 0.3 is 0 Å². The van der Waals surface area contributed by atoms with Crippen molar-refractivity contribution in [2.75, 3.05) is 4.90 Å². The van der Waals surface area contributed by atoms with Gasteiger partial charge in [0.05, 0.1) is 0 Å². The Balaban J connectivity index is 1.04. The first-order valence-corrected chi connectivity index (χ1v) is 17.2. The lowest BCUT2D eigenvalue weighted by atomic mass is 10.00. The molecule has 0 aliphatic heterocycles. The molecule has 0 fully saturated rings. The zero-order valence-electron chi connectivity index (χ0n) is 27.7. The molecule has 51 heavy (non-hydrogen) atoms. The highest BCUT2D eigenvalue weighted by molar-refractivity contribution is 6.15. The predicted octanol–water partition coefficient (Wildman–Crippen LogP) is 14.0. The lowest BCUT2D eigenvalue weighted by Gasteiger charge is -2.25. The van der Waals surface area contributed by atoms with E-state index in [1.54, 1.807) is 0 Å². The Morgan fingerprint density at radius 2 is 0.627 bits per heavy atom. The lowest BCUT2D eigenvalue weighted by Crippen LogP contribution is -2.09. The number of para-hydroxylation sites is 1. The van der Waals surface area contributed by atoms with E-state index in [1.807, 2.05) is 12.1 Å². The van der Waals surface area contributed by atoms with E-state index in [4.69, 9.17) is 8.83 Å². The molecule has 10 aromatic rings. The van der Waals surface area contributed by atoms with Crippen LogP contribution in [0.1, 0.15) is 0 Å². The SMILES string of the molecule is c1ccc(-c2ccc(-c3ccc(N(c4ccccc4)c4ccc5oc6cc7c(cc6c5c4)oc4ccc(-c5ccccc5)cc47)cc3)cc2)cc1. The van der Waals surface area contributed by atoms with Crippen molar-refractivity contribution in [3.8, 4) is 33.4 Å². The number of furan rings is 2. The minimum atomic E-state index is 0.844. The Hall–Kier alpha value is -6.84. The molecule has 0 aliphatic rings. The molecule has 0 aliphatic carbocycles. The highest BCUT2D eigenvalue weighted by atomic mass is 16.3. The van der Waals surface area contributed by atoms with E-state index in [2.05, 4.69) is 181 Å². The fourth-order valence-electron chi connectivity index (χ4n) is 7.30. The maximum atomic E-state index is 6.48. The standard InChI is InChI=1S/C48H31NO2/c1-4-10-32(11-5-1)34-16-18-35(19-17-34)36-20-23-39(24-21-36)49(38-14-8-3-9-15-38)40-25-27-46-42(29-40)44-31-47-43(30-48(44)51-46)41-28-37(22-26-45(41)50-47)33-12-6-2-7-13-33/h1-31H. The second kappa shape index (κ2) is 11.9. The average Bonchev–Trinajstić information content (AvgIpc) is 3.75. The van der Waals surface area contributed by atoms with Crippen LogP contribution in [0.4, 0.5) is 17.1 Å². The van der Waals surface area contributed by atoms with Crippen LogP contribution in [0.2, 0.25) is 0 Å². The van der Waals surface area contributed by atoms with Gasteiger partial charge in [-0.05, 0) is 100 Å². The first kappa shape index (κ1) is 29.1. The number of rotatable bonds is 6. The third-order valence-corrected chi connectivity index (χ3v) is 9.88. The van der Waals surface area contributed by atoms with Gasteiger partial charge in [0.1, 0.15) is 22.3 Å². The number of benzene rings is 8. The minimum absolute atomic E-state index is 0.844. The molecule has 0 unspecified atom stereocenters. The number of anilines is 3. The van der Waals surface area contributed by atoms with Crippen molar-refractivity contribution in [2.45, 2.75) is 0 Å². The van der Waals surface area contributed by atoms with Gasteiger partial charge in [0, 0.05) is 38.6 Å². The van der Waals surface area contributed by atoms with E-state index in [0.717, 1.165) is 66.5 Å². The molecule has 0 radical (unpaired) electrons. The van der Waals surface area contributed by atoms with Crippen LogP contribution in [-0.4, -0.2) is 0 Å². The molecule has 3 heteroatoms. The molecule has 240 valence electrons. The predicted molar refractivity (Wildman–Crippen MR) is 212 cm³/mol. The summed E-state index contributed by atoms with van der Waals surface area (Å²) in [7, 11) is 0. The number of fused-ring (bicyclic) bond motifs is 6. The fraction of sp³-hybridized carbons (Fsp3) is 0. The normalized spacial score (nSPS) is 11.5. The van der Waals surface area contributed by atoms with Crippen molar-refractivity contribution < 1.29 is 8.83 Å². The van der Waals surface area contributed by atoms with Gasteiger partial charge in [0.2, 0.25) is 0 Å². The summed E-state index contributed by atoms with van der Waals surface area (Å²) in [5.41, 5.74) is 13.8. The van der Waals surface area contributed by atoms with Crippen molar-refractivity contribution in [3.05, 3.63) is 188 Å². The Morgan fingerprint density at radius 3 is 1.20 bits per heavy atom. The molecular formula is C48H31NO2. The van der Waals surface area contributed by atoms with Gasteiger partial charge < -0.3 is 13.7 Å². The molecule has 0 amide bonds. The van der Waals surface area contributed by atoms with E-state index < -0.39 is 0 Å². The Labute approximate surface area is 295 Å². The molecule has 0 bridgehead atoms. The number of nitrogens with zero attached hydrogens (tertiary/aromatic N) is 1. The first-order valence-electron chi connectivity index (χ1n) is 17.2. The second-order valence-electron chi connectivity index (χ2n) is 13.0. The van der Waals surface area contributed by atoms with Crippen molar-refractivity contribution in [1.29, 1.82) is 0 Å². The summed E-state index contributed by atoms with van der Waals surface area (Å²) in [5, 5.41) is 4.21. The van der Waals surface area contributed by atoms with Gasteiger partial charge in [0.25, 0.3) is 0 Å². The number of hydrogen-bond donors (Lipinski definition) is 0. The smallest absolute Gasteiger partial charge is 0.136 e. The van der Waals surface area contributed by atoms with Crippen LogP contribution in [0.15, 0.2) is 197 Å². The van der Waals surface area contributed by atoms with E-state index in [9.17, 15) is 0 Å². The van der Waals surface area contributed by atoms with Gasteiger partial charge in [-0.1, -0.05) is 121 Å². The first-order chi connectivity index (χ1) is 25.2. The highest BCUT2D eigenvalue weighted by Crippen LogP contribution is 2.42. The summed E-state index contributed by atoms with van der Waals surface area (Å²) >= 11 is 0. The third kappa shape index (κ3) is 5.15. The largest absolute Gasteiger partial charge is 0.456 e. The van der Waals surface area contributed by atoms with Crippen LogP contribution in [-0.2, 0) is 0 Å². The van der Waals surface area contributed by atoms with E-state index in [-0.39, 0.29) is 0 Å². The summed E-state index contributed by atoms with van der Waals surface area (Å²) in [6, 6.07) is 66.2. The van der Waals surface area contributed by atoms with Crippen LogP contribution >= 0.6 is 0 Å².